The van der Waals surface area contributed by atoms with Crippen molar-refractivity contribution in [3.05, 3.63) is 0 Å². The SMILES string of the molecule is O=C(O)CCCCCCCCCCCCCCC(=O)OCC(CO)O[C@H](CO)[C@H]1OC[C@H](O)[C@H]1O. The van der Waals surface area contributed by atoms with Crippen molar-refractivity contribution in [2.45, 2.75) is 120 Å². The number of carbonyl (C=O) groups excluding carboxylic acids is 1. The first kappa shape index (κ1) is 31.7. The molecule has 1 heterocycles. The minimum Gasteiger partial charge on any atom is -0.481 e. The first-order chi connectivity index (χ1) is 16.9. The first-order valence-corrected chi connectivity index (χ1v) is 13.1. The normalized spacial score (nSPS) is 21.7. The number of rotatable bonds is 22. The Bertz CT molecular complexity index is 558. The molecule has 0 aromatic carbocycles. The summed E-state index contributed by atoms with van der Waals surface area (Å²) in [5.41, 5.74) is 0. The van der Waals surface area contributed by atoms with Crippen molar-refractivity contribution in [2.24, 2.45) is 0 Å². The number of carbonyl (C=O) groups is 2. The van der Waals surface area contributed by atoms with E-state index in [1.165, 1.54) is 32.1 Å². The van der Waals surface area contributed by atoms with Gasteiger partial charge in [0.05, 0.1) is 19.8 Å². The Morgan fingerprint density at radius 3 is 1.74 bits per heavy atom. The van der Waals surface area contributed by atoms with Crippen molar-refractivity contribution in [1.29, 1.82) is 0 Å². The third kappa shape index (κ3) is 14.8. The van der Waals surface area contributed by atoms with E-state index in [-0.39, 0.29) is 25.6 Å². The molecule has 0 saturated carbocycles. The average Bonchev–Trinajstić information content (AvgIpc) is 3.17. The first-order valence-electron chi connectivity index (χ1n) is 13.1. The van der Waals surface area contributed by atoms with Crippen molar-refractivity contribution in [2.75, 3.05) is 26.4 Å². The molecular weight excluding hydrogens is 460 g/mol. The van der Waals surface area contributed by atoms with Crippen LogP contribution in [0.4, 0.5) is 0 Å². The molecule has 0 bridgehead atoms. The lowest BCUT2D eigenvalue weighted by Crippen LogP contribution is -2.45. The Kier molecular flexibility index (Phi) is 18.0. The summed E-state index contributed by atoms with van der Waals surface area (Å²) in [5.74, 6) is -1.09. The van der Waals surface area contributed by atoms with Crippen molar-refractivity contribution in [3.63, 3.8) is 0 Å². The Morgan fingerprint density at radius 1 is 0.800 bits per heavy atom. The molecule has 206 valence electrons. The second kappa shape index (κ2) is 19.8. The maximum atomic E-state index is 12.0. The maximum Gasteiger partial charge on any atom is 0.305 e. The number of unbranched alkanes of at least 4 members (excludes halogenated alkanes) is 11. The van der Waals surface area contributed by atoms with E-state index in [1.54, 1.807) is 0 Å². The zero-order chi connectivity index (χ0) is 25.9. The molecule has 5 N–H and O–H groups in total. The van der Waals surface area contributed by atoms with Gasteiger partial charge in [-0.25, -0.2) is 0 Å². The molecule has 0 aromatic rings. The van der Waals surface area contributed by atoms with Crippen LogP contribution in [-0.4, -0.2) is 94.4 Å². The van der Waals surface area contributed by atoms with Gasteiger partial charge in [-0.2, -0.15) is 0 Å². The third-order valence-electron chi connectivity index (χ3n) is 6.26. The molecule has 1 saturated heterocycles. The van der Waals surface area contributed by atoms with Gasteiger partial charge in [-0.05, 0) is 12.8 Å². The van der Waals surface area contributed by atoms with Gasteiger partial charge in [0.25, 0.3) is 0 Å². The van der Waals surface area contributed by atoms with E-state index >= 15 is 0 Å². The second-order valence-corrected chi connectivity index (χ2v) is 9.34. The Hall–Kier alpha value is -1.30. The highest BCUT2D eigenvalue weighted by Gasteiger charge is 2.41. The number of aliphatic hydroxyl groups excluding tert-OH is 4. The van der Waals surface area contributed by atoms with E-state index in [2.05, 4.69) is 0 Å². The summed E-state index contributed by atoms with van der Waals surface area (Å²) in [6, 6.07) is 0. The largest absolute Gasteiger partial charge is 0.481 e. The topological polar surface area (TPSA) is 163 Å². The van der Waals surface area contributed by atoms with Crippen LogP contribution >= 0.6 is 0 Å². The summed E-state index contributed by atoms with van der Waals surface area (Å²) in [5, 5.41) is 47.1. The standard InChI is InChI=1S/C25H46O10/c26-15-19(35-21(16-27)25-24(32)20(28)18-34-25)17-33-23(31)14-12-10-8-6-4-2-1-3-5-7-9-11-13-22(29)30/h19-21,24-28,32H,1-18H2,(H,29,30)/t19?,20-,21+,24+,25+/m0/s1. The van der Waals surface area contributed by atoms with Gasteiger partial charge in [0.1, 0.15) is 37.1 Å². The maximum absolute atomic E-state index is 12.0. The molecule has 1 fully saturated rings. The van der Waals surface area contributed by atoms with Crippen molar-refractivity contribution < 1.29 is 49.3 Å². The number of carboxylic acid groups (broad SMARTS) is 1. The van der Waals surface area contributed by atoms with Gasteiger partial charge in [-0.15, -0.1) is 0 Å². The number of ether oxygens (including phenoxy) is 3. The van der Waals surface area contributed by atoms with E-state index in [4.69, 9.17) is 19.3 Å². The molecule has 1 aliphatic heterocycles. The van der Waals surface area contributed by atoms with Crippen LogP contribution in [0.15, 0.2) is 0 Å². The Morgan fingerprint density at radius 2 is 1.31 bits per heavy atom. The summed E-state index contributed by atoms with van der Waals surface area (Å²) < 4.78 is 16.0. The Balaban J connectivity index is 1.99. The van der Waals surface area contributed by atoms with Crippen LogP contribution in [0.1, 0.15) is 89.9 Å². The average molecular weight is 507 g/mol. The summed E-state index contributed by atoms with van der Waals surface area (Å²) >= 11 is 0. The quantitative estimate of drug-likeness (QED) is 0.108. The highest BCUT2D eigenvalue weighted by Crippen LogP contribution is 2.20. The molecule has 35 heavy (non-hydrogen) atoms. The van der Waals surface area contributed by atoms with Gasteiger partial charge in [0.15, 0.2) is 0 Å². The number of aliphatic carboxylic acids is 1. The number of esters is 1. The van der Waals surface area contributed by atoms with Gasteiger partial charge in [-0.1, -0.05) is 64.2 Å². The van der Waals surface area contributed by atoms with Gasteiger partial charge in [-0.3, -0.25) is 9.59 Å². The number of hydrogen-bond donors (Lipinski definition) is 5. The lowest BCUT2D eigenvalue weighted by Gasteiger charge is -2.27. The highest BCUT2D eigenvalue weighted by atomic mass is 16.6. The van der Waals surface area contributed by atoms with Crippen LogP contribution in [-0.2, 0) is 23.8 Å². The fraction of sp³-hybridized carbons (Fsp3) is 0.920. The van der Waals surface area contributed by atoms with Crippen LogP contribution in [0, 0.1) is 0 Å². The molecule has 1 aliphatic rings. The zero-order valence-electron chi connectivity index (χ0n) is 20.9. The smallest absolute Gasteiger partial charge is 0.305 e. The minimum absolute atomic E-state index is 0.0674. The lowest BCUT2D eigenvalue weighted by atomic mass is 10.0. The molecular formula is C25H46O10. The molecule has 1 unspecified atom stereocenters. The zero-order valence-corrected chi connectivity index (χ0v) is 20.9. The number of hydrogen-bond acceptors (Lipinski definition) is 9. The molecule has 10 heteroatoms. The molecule has 0 spiro atoms. The van der Waals surface area contributed by atoms with E-state index in [9.17, 15) is 30.0 Å². The fourth-order valence-electron chi connectivity index (χ4n) is 4.13. The van der Waals surface area contributed by atoms with Crippen LogP contribution in [0.3, 0.4) is 0 Å². The van der Waals surface area contributed by atoms with Gasteiger partial charge in [0.2, 0.25) is 0 Å². The van der Waals surface area contributed by atoms with Crippen molar-refractivity contribution >= 4 is 11.9 Å². The minimum atomic E-state index is -1.20. The Labute approximate surface area is 208 Å². The van der Waals surface area contributed by atoms with E-state index < -0.39 is 49.7 Å². The molecule has 0 radical (unpaired) electrons. The number of aliphatic hydroxyl groups is 4. The van der Waals surface area contributed by atoms with Crippen molar-refractivity contribution in [3.8, 4) is 0 Å². The van der Waals surface area contributed by atoms with Crippen LogP contribution in [0.5, 0.6) is 0 Å². The highest BCUT2D eigenvalue weighted by molar-refractivity contribution is 5.69. The molecule has 0 aromatic heterocycles. The van der Waals surface area contributed by atoms with Crippen LogP contribution < -0.4 is 0 Å². The van der Waals surface area contributed by atoms with E-state index in [0.29, 0.717) is 6.42 Å². The molecule has 5 atom stereocenters. The molecule has 10 nitrogen and oxygen atoms in total. The second-order valence-electron chi connectivity index (χ2n) is 9.34. The van der Waals surface area contributed by atoms with Crippen LogP contribution in [0.25, 0.3) is 0 Å². The molecule has 0 amide bonds. The van der Waals surface area contributed by atoms with Crippen LogP contribution in [0.2, 0.25) is 0 Å². The molecule has 1 rings (SSSR count). The van der Waals surface area contributed by atoms with Gasteiger partial charge in [0, 0.05) is 12.8 Å². The van der Waals surface area contributed by atoms with Gasteiger partial charge < -0.3 is 39.7 Å². The summed E-state index contributed by atoms with van der Waals surface area (Å²) in [4.78, 5) is 22.4. The molecule has 0 aliphatic carbocycles. The summed E-state index contributed by atoms with van der Waals surface area (Å²) in [6.45, 7) is -1.15. The summed E-state index contributed by atoms with van der Waals surface area (Å²) in [7, 11) is 0. The monoisotopic (exact) mass is 506 g/mol. The van der Waals surface area contributed by atoms with E-state index in [0.717, 1.165) is 44.9 Å². The summed E-state index contributed by atoms with van der Waals surface area (Å²) in [6.07, 6.45) is 8.30. The van der Waals surface area contributed by atoms with Gasteiger partial charge >= 0.3 is 11.9 Å². The lowest BCUT2D eigenvalue weighted by molar-refractivity contribution is -0.163. The van der Waals surface area contributed by atoms with E-state index in [1.807, 2.05) is 0 Å². The number of carboxylic acids is 1. The third-order valence-corrected chi connectivity index (χ3v) is 6.26. The fourth-order valence-corrected chi connectivity index (χ4v) is 4.13. The predicted molar refractivity (Wildman–Crippen MR) is 128 cm³/mol. The predicted octanol–water partition coefficient (Wildman–Crippen LogP) is 1.93. The van der Waals surface area contributed by atoms with Crippen molar-refractivity contribution in [1.82, 2.24) is 0 Å².